The highest BCUT2D eigenvalue weighted by Gasteiger charge is 2.13. The van der Waals surface area contributed by atoms with Gasteiger partial charge in [-0.1, -0.05) is 5.04 Å². The van der Waals surface area contributed by atoms with Crippen molar-refractivity contribution in [3.05, 3.63) is 29.8 Å². The first-order valence-electron chi connectivity index (χ1n) is 10.2. The summed E-state index contributed by atoms with van der Waals surface area (Å²) in [6.45, 7) is 6.47. The Hall–Kier alpha value is -2.94. The standard InChI is InChI=1S/C20H28N8O4S/c1-10(21)8-23-18-26-19(24-9-11(2)22)28-20(27-18)25-14-4-5-15-13(6-14)7-16(33-32-31-30)12(3)17(15)29/h4-7,10-11,29-30H,8-9,21-22H2,1-3H3,(H3,23,24,25,26,27,28). The van der Waals surface area contributed by atoms with E-state index in [-0.39, 0.29) is 17.8 Å². The summed E-state index contributed by atoms with van der Waals surface area (Å²) < 4.78 is 4.52. The number of phenolic OH excluding ortho intramolecular Hbond substituents is 1. The number of rotatable bonds is 11. The molecule has 12 nitrogen and oxygen atoms in total. The van der Waals surface area contributed by atoms with Gasteiger partial charge in [0.25, 0.3) is 0 Å². The lowest BCUT2D eigenvalue weighted by atomic mass is 10.1. The van der Waals surface area contributed by atoms with Crippen LogP contribution in [0.4, 0.5) is 23.5 Å². The van der Waals surface area contributed by atoms with Crippen molar-refractivity contribution in [2.75, 3.05) is 29.0 Å². The van der Waals surface area contributed by atoms with Crippen LogP contribution in [0.2, 0.25) is 0 Å². The highest BCUT2D eigenvalue weighted by atomic mass is 32.2. The van der Waals surface area contributed by atoms with Gasteiger partial charge < -0.3 is 32.5 Å². The van der Waals surface area contributed by atoms with Crippen LogP contribution in [-0.2, 0) is 9.37 Å². The molecule has 0 bridgehead atoms. The van der Waals surface area contributed by atoms with E-state index in [1.165, 1.54) is 0 Å². The van der Waals surface area contributed by atoms with Gasteiger partial charge >= 0.3 is 0 Å². The topological polar surface area (TPSA) is 186 Å². The third kappa shape index (κ3) is 6.77. The van der Waals surface area contributed by atoms with Crippen LogP contribution in [0, 0.1) is 6.92 Å². The van der Waals surface area contributed by atoms with Crippen LogP contribution in [0.1, 0.15) is 19.4 Å². The van der Waals surface area contributed by atoms with Crippen molar-refractivity contribution < 1.29 is 19.7 Å². The molecule has 2 unspecified atom stereocenters. The minimum Gasteiger partial charge on any atom is -0.507 e. The summed E-state index contributed by atoms with van der Waals surface area (Å²) >= 11 is 0.783. The van der Waals surface area contributed by atoms with Gasteiger partial charge in [-0.3, -0.25) is 0 Å². The highest BCUT2D eigenvalue weighted by molar-refractivity contribution is 7.94. The Morgan fingerprint density at radius 1 is 1.00 bits per heavy atom. The van der Waals surface area contributed by atoms with Gasteiger partial charge in [-0.05, 0) is 50.4 Å². The Morgan fingerprint density at radius 3 is 2.18 bits per heavy atom. The number of phenols is 1. The molecule has 0 amide bonds. The van der Waals surface area contributed by atoms with Crippen LogP contribution in [0.15, 0.2) is 29.2 Å². The van der Waals surface area contributed by atoms with Crippen LogP contribution in [0.3, 0.4) is 0 Å². The first-order chi connectivity index (χ1) is 15.8. The fourth-order valence-electron chi connectivity index (χ4n) is 2.91. The summed E-state index contributed by atoms with van der Waals surface area (Å²) in [5, 5.41) is 33.4. The monoisotopic (exact) mass is 476 g/mol. The van der Waals surface area contributed by atoms with Crippen molar-refractivity contribution >= 4 is 46.3 Å². The minimum atomic E-state index is -0.0810. The van der Waals surface area contributed by atoms with E-state index in [9.17, 15) is 5.11 Å². The second-order valence-corrected chi connectivity index (χ2v) is 8.40. The number of aromatic nitrogens is 3. The summed E-state index contributed by atoms with van der Waals surface area (Å²) in [5.74, 6) is 1.15. The molecule has 9 N–H and O–H groups in total. The zero-order valence-corrected chi connectivity index (χ0v) is 19.3. The number of aromatic hydroxyl groups is 1. The maximum atomic E-state index is 10.5. The van der Waals surface area contributed by atoms with Gasteiger partial charge in [-0.2, -0.15) is 15.0 Å². The van der Waals surface area contributed by atoms with E-state index in [1.807, 2.05) is 19.9 Å². The number of hydrogen-bond donors (Lipinski definition) is 7. The lowest BCUT2D eigenvalue weighted by Gasteiger charge is -2.14. The third-order valence-electron chi connectivity index (χ3n) is 4.53. The number of nitrogens with zero attached hydrogens (tertiary/aromatic N) is 3. The van der Waals surface area contributed by atoms with E-state index in [0.29, 0.717) is 52.5 Å². The lowest BCUT2D eigenvalue weighted by Crippen LogP contribution is -2.27. The summed E-state index contributed by atoms with van der Waals surface area (Å²) in [4.78, 5) is 13.7. The van der Waals surface area contributed by atoms with Gasteiger partial charge in [0.05, 0.1) is 12.0 Å². The van der Waals surface area contributed by atoms with E-state index in [1.54, 1.807) is 25.1 Å². The molecule has 33 heavy (non-hydrogen) atoms. The molecule has 0 saturated heterocycles. The quantitative estimate of drug-likeness (QED) is 0.122. The number of fused-ring (bicyclic) bond motifs is 1. The molecule has 1 heterocycles. The van der Waals surface area contributed by atoms with Crippen LogP contribution in [0.25, 0.3) is 10.8 Å². The number of nitrogens with one attached hydrogen (secondary N) is 3. The fraction of sp³-hybridized carbons (Fsp3) is 0.350. The Kier molecular flexibility index (Phi) is 8.43. The zero-order chi connectivity index (χ0) is 24.0. The minimum absolute atomic E-state index is 0.0810. The van der Waals surface area contributed by atoms with Gasteiger partial charge in [0.2, 0.25) is 17.8 Å². The highest BCUT2D eigenvalue weighted by Crippen LogP contribution is 2.37. The van der Waals surface area contributed by atoms with Gasteiger partial charge in [0.15, 0.2) is 0 Å². The summed E-state index contributed by atoms with van der Waals surface area (Å²) in [6.07, 6.45) is 0. The van der Waals surface area contributed by atoms with Crippen LogP contribution >= 0.6 is 12.0 Å². The van der Waals surface area contributed by atoms with Crippen molar-refractivity contribution in [3.8, 4) is 5.75 Å². The van der Waals surface area contributed by atoms with Gasteiger partial charge in [-0.15, -0.1) is 4.33 Å². The molecule has 0 aliphatic carbocycles. The van der Waals surface area contributed by atoms with E-state index in [4.69, 9.17) is 16.7 Å². The Morgan fingerprint density at radius 2 is 1.61 bits per heavy atom. The van der Waals surface area contributed by atoms with E-state index >= 15 is 0 Å². The van der Waals surface area contributed by atoms with E-state index < -0.39 is 0 Å². The van der Waals surface area contributed by atoms with Gasteiger partial charge in [0.1, 0.15) is 5.75 Å². The summed E-state index contributed by atoms with van der Waals surface area (Å²) in [5.41, 5.74) is 12.9. The Balaban J connectivity index is 1.91. The largest absolute Gasteiger partial charge is 0.507 e. The maximum absolute atomic E-state index is 10.5. The normalized spacial score (nSPS) is 13.0. The first kappa shape index (κ1) is 24.7. The second-order valence-electron chi connectivity index (χ2n) is 7.66. The predicted octanol–water partition coefficient (Wildman–Crippen LogP) is 2.73. The third-order valence-corrected chi connectivity index (χ3v) is 5.26. The van der Waals surface area contributed by atoms with Gasteiger partial charge in [-0.25, -0.2) is 5.26 Å². The smallest absolute Gasteiger partial charge is 0.233 e. The van der Waals surface area contributed by atoms with Crippen LogP contribution < -0.4 is 27.4 Å². The molecule has 3 rings (SSSR count). The number of anilines is 4. The molecule has 0 aliphatic heterocycles. The van der Waals surface area contributed by atoms with Crippen LogP contribution in [0.5, 0.6) is 5.75 Å². The molecule has 2 aromatic carbocycles. The molecule has 178 valence electrons. The second kappa shape index (κ2) is 11.3. The Bertz CT molecular complexity index is 1070. The molecular weight excluding hydrogens is 448 g/mol. The molecule has 0 saturated carbocycles. The number of hydrogen-bond acceptors (Lipinski definition) is 13. The van der Waals surface area contributed by atoms with E-state index in [0.717, 1.165) is 17.4 Å². The summed E-state index contributed by atoms with van der Waals surface area (Å²) in [7, 11) is 0. The molecule has 13 heteroatoms. The van der Waals surface area contributed by atoms with Crippen LogP contribution in [-0.4, -0.2) is 50.5 Å². The molecule has 0 spiro atoms. The maximum Gasteiger partial charge on any atom is 0.233 e. The summed E-state index contributed by atoms with van der Waals surface area (Å²) in [6, 6.07) is 7.05. The molecule has 1 aromatic heterocycles. The van der Waals surface area contributed by atoms with Crippen molar-refractivity contribution in [2.45, 2.75) is 37.8 Å². The molecule has 3 aromatic rings. The zero-order valence-electron chi connectivity index (χ0n) is 18.5. The fourth-order valence-corrected chi connectivity index (χ4v) is 3.41. The average molecular weight is 477 g/mol. The van der Waals surface area contributed by atoms with E-state index in [2.05, 4.69) is 40.3 Å². The van der Waals surface area contributed by atoms with Crippen molar-refractivity contribution in [1.29, 1.82) is 0 Å². The average Bonchev–Trinajstić information content (AvgIpc) is 2.77. The SMILES string of the molecule is Cc1c(SOOO)cc2cc(Nc3nc(NCC(C)N)nc(NCC(C)N)n3)ccc2c1O. The van der Waals surface area contributed by atoms with Gasteiger partial charge in [0, 0.05) is 46.7 Å². The number of nitrogens with two attached hydrogens (primary N) is 2. The lowest BCUT2D eigenvalue weighted by molar-refractivity contribution is -0.432. The number of benzene rings is 2. The molecule has 0 aliphatic rings. The van der Waals surface area contributed by atoms with Crippen molar-refractivity contribution in [2.24, 2.45) is 11.5 Å². The first-order valence-corrected chi connectivity index (χ1v) is 10.9. The Labute approximate surface area is 195 Å². The van der Waals surface area contributed by atoms with Crippen molar-refractivity contribution in [3.63, 3.8) is 0 Å². The van der Waals surface area contributed by atoms with Crippen molar-refractivity contribution in [1.82, 2.24) is 15.0 Å². The molecule has 0 fully saturated rings. The predicted molar refractivity (Wildman–Crippen MR) is 128 cm³/mol. The molecule has 0 radical (unpaired) electrons. The molecule has 2 atom stereocenters. The molecular formula is C20H28N8O4S.